The predicted octanol–water partition coefficient (Wildman–Crippen LogP) is 5.68. The molecule has 0 aromatic heterocycles. The molecule has 4 aliphatic carbocycles. The minimum absolute atomic E-state index is 0.220. The van der Waals surface area contributed by atoms with Crippen molar-refractivity contribution in [3.63, 3.8) is 0 Å². The molecule has 0 N–H and O–H groups in total. The molecule has 4 aliphatic rings. The first-order valence-electron chi connectivity index (χ1n) is 12.1. The van der Waals surface area contributed by atoms with Gasteiger partial charge in [0.1, 0.15) is 5.78 Å². The summed E-state index contributed by atoms with van der Waals surface area (Å²) in [6.45, 7) is 6.76. The van der Waals surface area contributed by atoms with Crippen LogP contribution < -0.4 is 0 Å². The Balaban J connectivity index is 1.30. The standard InChI is InChI=1S/C26H36O4S/c1-17-4-7-21(8-5-17)31(28,29)30-20-10-13-26(3)18(14-20)6-9-22-23(26)11-12-25(2)16-19(27)15-24(22)25/h4-5,7-8,18,20,22-24H,6,9-16H2,1-3H3/t18-,20-,22+,23+,24-,25-,26-/m1/s1. The third kappa shape index (κ3) is 3.60. The number of hydrogen-bond donors (Lipinski definition) is 0. The normalized spacial score (nSPS) is 42.5. The van der Waals surface area contributed by atoms with Crippen molar-refractivity contribution in [3.05, 3.63) is 29.8 Å². The van der Waals surface area contributed by atoms with Crippen molar-refractivity contribution in [2.24, 2.45) is 34.5 Å². The molecule has 31 heavy (non-hydrogen) atoms. The van der Waals surface area contributed by atoms with Gasteiger partial charge in [-0.2, -0.15) is 8.42 Å². The van der Waals surface area contributed by atoms with Gasteiger partial charge < -0.3 is 0 Å². The van der Waals surface area contributed by atoms with Crippen LogP contribution in [0.1, 0.15) is 77.2 Å². The number of ketones is 1. The summed E-state index contributed by atoms with van der Waals surface area (Å²) in [5.74, 6) is 2.89. The van der Waals surface area contributed by atoms with Crippen LogP contribution in [0.2, 0.25) is 0 Å². The Morgan fingerprint density at radius 2 is 1.71 bits per heavy atom. The Morgan fingerprint density at radius 3 is 2.45 bits per heavy atom. The van der Waals surface area contributed by atoms with Gasteiger partial charge in [-0.15, -0.1) is 0 Å². The van der Waals surface area contributed by atoms with Gasteiger partial charge in [-0.25, -0.2) is 0 Å². The van der Waals surface area contributed by atoms with E-state index in [9.17, 15) is 13.2 Å². The second-order valence-corrected chi connectivity index (χ2v) is 13.1. The Morgan fingerprint density at radius 1 is 0.968 bits per heavy atom. The van der Waals surface area contributed by atoms with E-state index in [-0.39, 0.29) is 21.8 Å². The number of carbonyl (C=O) groups is 1. The third-order valence-electron chi connectivity index (χ3n) is 9.76. The summed E-state index contributed by atoms with van der Waals surface area (Å²) in [7, 11) is -3.72. The molecule has 0 radical (unpaired) electrons. The molecule has 5 heteroatoms. The zero-order chi connectivity index (χ0) is 22.0. The van der Waals surface area contributed by atoms with Crippen LogP contribution >= 0.6 is 0 Å². The SMILES string of the molecule is Cc1ccc(S(=O)(=O)O[C@@H]2CC[C@]3(C)[C@H](CC[C@@H]4[C@H]5CC(=O)C[C@@]5(C)CC[C@@H]43)C2)cc1. The van der Waals surface area contributed by atoms with E-state index in [4.69, 9.17) is 4.18 Å². The quantitative estimate of drug-likeness (QED) is 0.563. The first-order valence-corrected chi connectivity index (χ1v) is 13.5. The predicted molar refractivity (Wildman–Crippen MR) is 120 cm³/mol. The van der Waals surface area contributed by atoms with Gasteiger partial charge in [-0.1, -0.05) is 31.5 Å². The van der Waals surface area contributed by atoms with Gasteiger partial charge in [0.15, 0.2) is 0 Å². The van der Waals surface area contributed by atoms with E-state index < -0.39 is 10.1 Å². The zero-order valence-corrected chi connectivity index (χ0v) is 19.9. The molecule has 4 nitrogen and oxygen atoms in total. The van der Waals surface area contributed by atoms with Crippen molar-refractivity contribution in [3.8, 4) is 0 Å². The molecule has 1 aromatic carbocycles. The van der Waals surface area contributed by atoms with E-state index in [2.05, 4.69) is 13.8 Å². The summed E-state index contributed by atoms with van der Waals surface area (Å²) in [4.78, 5) is 12.5. The van der Waals surface area contributed by atoms with Crippen molar-refractivity contribution in [1.82, 2.24) is 0 Å². The molecule has 0 aliphatic heterocycles. The lowest BCUT2D eigenvalue weighted by Gasteiger charge is -2.60. The van der Waals surface area contributed by atoms with Crippen molar-refractivity contribution in [1.29, 1.82) is 0 Å². The van der Waals surface area contributed by atoms with Crippen LogP contribution in [0.5, 0.6) is 0 Å². The van der Waals surface area contributed by atoms with Gasteiger partial charge in [-0.3, -0.25) is 8.98 Å². The number of Topliss-reactive ketones (excluding diaryl/α,β-unsaturated/α-hetero) is 1. The largest absolute Gasteiger partial charge is 0.300 e. The Labute approximate surface area is 187 Å². The van der Waals surface area contributed by atoms with Gasteiger partial charge in [-0.05, 0) is 98.5 Å². The summed E-state index contributed by atoms with van der Waals surface area (Å²) in [5.41, 5.74) is 1.52. The number of hydrogen-bond acceptors (Lipinski definition) is 4. The van der Waals surface area contributed by atoms with Gasteiger partial charge in [0, 0.05) is 12.8 Å². The molecule has 4 saturated carbocycles. The topological polar surface area (TPSA) is 60.4 Å². The minimum Gasteiger partial charge on any atom is -0.300 e. The van der Waals surface area contributed by atoms with E-state index in [0.717, 1.165) is 44.1 Å². The second kappa shape index (κ2) is 7.41. The summed E-state index contributed by atoms with van der Waals surface area (Å²) in [6.07, 6.45) is 8.77. The average molecular weight is 445 g/mol. The van der Waals surface area contributed by atoms with Crippen LogP contribution in [0.25, 0.3) is 0 Å². The lowest BCUT2D eigenvalue weighted by Crippen LogP contribution is -2.53. The molecule has 4 fully saturated rings. The van der Waals surface area contributed by atoms with Crippen LogP contribution in [-0.4, -0.2) is 20.3 Å². The molecule has 0 spiro atoms. The highest BCUT2D eigenvalue weighted by molar-refractivity contribution is 7.86. The van der Waals surface area contributed by atoms with Crippen molar-refractivity contribution in [2.45, 2.75) is 89.6 Å². The average Bonchev–Trinajstić information content (AvgIpc) is 3.02. The molecule has 7 atom stereocenters. The molecule has 5 rings (SSSR count). The van der Waals surface area contributed by atoms with Crippen LogP contribution in [-0.2, 0) is 19.1 Å². The smallest absolute Gasteiger partial charge is 0.297 e. The third-order valence-corrected chi connectivity index (χ3v) is 11.1. The molecule has 0 amide bonds. The molecule has 0 saturated heterocycles. The summed E-state index contributed by atoms with van der Waals surface area (Å²) in [5, 5.41) is 0. The summed E-state index contributed by atoms with van der Waals surface area (Å²) in [6, 6.07) is 6.93. The zero-order valence-electron chi connectivity index (χ0n) is 19.1. The van der Waals surface area contributed by atoms with Crippen molar-refractivity contribution < 1.29 is 17.4 Å². The lowest BCUT2D eigenvalue weighted by molar-refractivity contribution is -0.119. The monoisotopic (exact) mass is 444 g/mol. The van der Waals surface area contributed by atoms with Gasteiger partial charge in [0.05, 0.1) is 11.0 Å². The second-order valence-electron chi connectivity index (χ2n) is 11.5. The Kier molecular flexibility index (Phi) is 5.17. The van der Waals surface area contributed by atoms with Crippen molar-refractivity contribution in [2.75, 3.05) is 0 Å². The Hall–Kier alpha value is -1.20. The molecule has 0 unspecified atom stereocenters. The molecule has 0 heterocycles. The molecule has 0 bridgehead atoms. The van der Waals surface area contributed by atoms with Gasteiger partial charge in [0.2, 0.25) is 0 Å². The number of benzene rings is 1. The van der Waals surface area contributed by atoms with E-state index >= 15 is 0 Å². The maximum Gasteiger partial charge on any atom is 0.297 e. The Bertz CT molecular complexity index is 968. The van der Waals surface area contributed by atoms with Crippen LogP contribution in [0, 0.1) is 41.4 Å². The van der Waals surface area contributed by atoms with Crippen LogP contribution in [0.4, 0.5) is 0 Å². The number of rotatable bonds is 3. The van der Waals surface area contributed by atoms with E-state index in [1.54, 1.807) is 12.1 Å². The maximum atomic E-state index is 12.8. The fourth-order valence-electron chi connectivity index (χ4n) is 8.03. The summed E-state index contributed by atoms with van der Waals surface area (Å²) < 4.78 is 31.4. The van der Waals surface area contributed by atoms with Gasteiger partial charge in [0.25, 0.3) is 10.1 Å². The number of aryl methyl sites for hydroxylation is 1. The van der Waals surface area contributed by atoms with E-state index in [1.807, 2.05) is 19.1 Å². The molecular formula is C26H36O4S. The highest BCUT2D eigenvalue weighted by Crippen LogP contribution is 2.65. The lowest BCUT2D eigenvalue weighted by atomic mass is 9.45. The van der Waals surface area contributed by atoms with Crippen LogP contribution in [0.3, 0.4) is 0 Å². The summed E-state index contributed by atoms with van der Waals surface area (Å²) >= 11 is 0. The minimum atomic E-state index is -3.72. The first-order chi connectivity index (χ1) is 14.6. The number of carbonyl (C=O) groups excluding carboxylic acids is 1. The fraction of sp³-hybridized carbons (Fsp3) is 0.731. The highest BCUT2D eigenvalue weighted by Gasteiger charge is 2.59. The first kappa shape index (κ1) is 21.6. The van der Waals surface area contributed by atoms with E-state index in [1.165, 1.54) is 19.3 Å². The molecule has 170 valence electrons. The maximum absolute atomic E-state index is 12.8. The van der Waals surface area contributed by atoms with Crippen molar-refractivity contribution >= 4 is 15.9 Å². The van der Waals surface area contributed by atoms with Crippen LogP contribution in [0.15, 0.2) is 29.2 Å². The molecular weight excluding hydrogens is 408 g/mol. The van der Waals surface area contributed by atoms with Gasteiger partial charge >= 0.3 is 0 Å². The van der Waals surface area contributed by atoms with E-state index in [0.29, 0.717) is 29.5 Å². The number of fused-ring (bicyclic) bond motifs is 5. The highest BCUT2D eigenvalue weighted by atomic mass is 32.2. The fourth-order valence-corrected chi connectivity index (χ4v) is 9.14. The molecule has 1 aromatic rings.